The Morgan fingerprint density at radius 3 is 1.39 bits per heavy atom. The maximum absolute atomic E-state index is 11.9. The molecule has 0 saturated heterocycles. The van der Waals surface area contributed by atoms with Crippen molar-refractivity contribution in [2.75, 3.05) is 114 Å². The molecule has 1 N–H and O–H groups in total. The zero-order valence-corrected chi connectivity index (χ0v) is 32.4. The van der Waals surface area contributed by atoms with E-state index in [1.165, 1.54) is 64.5 Å². The summed E-state index contributed by atoms with van der Waals surface area (Å²) in [6, 6.07) is 0. The number of nitrogens with zero attached hydrogens (tertiary/aromatic N) is 2. The second kappa shape index (κ2) is 32.8. The fourth-order valence-corrected chi connectivity index (χ4v) is 4.96. The van der Waals surface area contributed by atoms with Gasteiger partial charge in [0.05, 0.1) is 80.8 Å². The minimum atomic E-state index is -0.0454. The molecule has 0 radical (unpaired) electrons. The molecule has 0 aromatic rings. The quantitative estimate of drug-likeness (QED) is 0.0673. The van der Waals surface area contributed by atoms with Crippen molar-refractivity contribution in [1.29, 1.82) is 0 Å². The van der Waals surface area contributed by atoms with Crippen LogP contribution in [0.3, 0.4) is 0 Å². The lowest BCUT2D eigenvalue weighted by molar-refractivity contribution is -0.890. The summed E-state index contributed by atoms with van der Waals surface area (Å²) in [6.07, 6.45) is 14.2. The molecule has 0 unspecified atom stereocenters. The summed E-state index contributed by atoms with van der Waals surface area (Å²) >= 11 is 0. The average molecular weight is 764 g/mol. The van der Waals surface area contributed by atoms with Crippen LogP contribution in [0, 0.1) is 0 Å². The average Bonchev–Trinajstić information content (AvgIpc) is 2.94. The second-order valence-corrected chi connectivity index (χ2v) is 12.8. The first-order valence-corrected chi connectivity index (χ1v) is 16.8. The Bertz CT molecular complexity index is 603. The summed E-state index contributed by atoms with van der Waals surface area (Å²) in [4.78, 5) is 23.7. The number of rotatable bonds is 32. The highest BCUT2D eigenvalue weighted by atomic mass is 79.9. The predicted octanol–water partition coefficient (Wildman–Crippen LogP) is -1.38. The minimum absolute atomic E-state index is 0. The van der Waals surface area contributed by atoms with Crippen LogP contribution in [0.1, 0.15) is 90.9 Å². The molecule has 11 heteroatoms. The lowest BCUT2D eigenvalue weighted by Gasteiger charge is -2.30. The van der Waals surface area contributed by atoms with E-state index in [0.717, 1.165) is 41.3 Å². The molecule has 0 bridgehead atoms. The zero-order valence-electron chi connectivity index (χ0n) is 29.3. The van der Waals surface area contributed by atoms with Gasteiger partial charge in [-0.2, -0.15) is 0 Å². The van der Waals surface area contributed by atoms with Crippen LogP contribution in [-0.4, -0.2) is 134 Å². The van der Waals surface area contributed by atoms with Gasteiger partial charge in [-0.3, -0.25) is 9.59 Å². The van der Waals surface area contributed by atoms with Gasteiger partial charge in [0.1, 0.15) is 13.2 Å². The molecule has 0 heterocycles. The topological polar surface area (TPSA) is 83.1 Å². The van der Waals surface area contributed by atoms with Crippen molar-refractivity contribution in [1.82, 2.24) is 5.32 Å². The van der Waals surface area contributed by atoms with Gasteiger partial charge in [-0.25, -0.2) is 0 Å². The molecule has 0 aromatic carbocycles. The summed E-state index contributed by atoms with van der Waals surface area (Å²) in [5.74, 6) is 0.157. The Labute approximate surface area is 292 Å². The Balaban J connectivity index is -0.00000840. The molecule has 0 aliphatic carbocycles. The number of unbranched alkanes of at least 4 members (excludes halogenated alkanes) is 8. The van der Waals surface area contributed by atoms with Crippen molar-refractivity contribution in [2.45, 2.75) is 90.9 Å². The number of amides is 1. The molecule has 0 aliphatic rings. The first kappa shape index (κ1) is 48.3. The highest BCUT2D eigenvalue weighted by Gasteiger charge is 2.15. The van der Waals surface area contributed by atoms with Gasteiger partial charge in [-0.15, -0.1) is 0 Å². The summed E-state index contributed by atoms with van der Waals surface area (Å²) in [5.41, 5.74) is 0. The molecule has 0 fully saturated rings. The molecule has 0 aliphatic heterocycles. The van der Waals surface area contributed by atoms with Gasteiger partial charge >= 0.3 is 0 Å². The zero-order chi connectivity index (χ0) is 31.4. The number of carbonyl (C=O) groups excluding carboxylic acids is 2. The van der Waals surface area contributed by atoms with E-state index in [1.54, 1.807) is 0 Å². The van der Waals surface area contributed by atoms with E-state index in [9.17, 15) is 9.59 Å². The number of hydrogen-bond donors (Lipinski definition) is 1. The van der Waals surface area contributed by atoms with Gasteiger partial charge in [0.15, 0.2) is 5.78 Å². The fraction of sp³-hybridized carbons (Fsp3) is 0.939. The molecule has 0 rings (SSSR count). The van der Waals surface area contributed by atoms with Gasteiger partial charge in [-0.1, -0.05) is 25.7 Å². The minimum Gasteiger partial charge on any atom is -1.00 e. The van der Waals surface area contributed by atoms with Crippen LogP contribution in [-0.2, 0) is 28.5 Å². The Morgan fingerprint density at radius 1 is 0.523 bits per heavy atom. The van der Waals surface area contributed by atoms with Gasteiger partial charge < -0.3 is 67.2 Å². The lowest BCUT2D eigenvalue weighted by Crippen LogP contribution is -3.00. The van der Waals surface area contributed by atoms with E-state index in [4.69, 9.17) is 18.9 Å². The molecular formula is C33H69Br2N3O6. The predicted molar refractivity (Wildman–Crippen MR) is 172 cm³/mol. The first-order valence-electron chi connectivity index (χ1n) is 16.8. The third-order valence-electron chi connectivity index (χ3n) is 7.66. The van der Waals surface area contributed by atoms with Gasteiger partial charge in [-0.05, 0) is 52.4 Å². The van der Waals surface area contributed by atoms with E-state index in [-0.39, 0.29) is 58.9 Å². The van der Waals surface area contributed by atoms with Gasteiger partial charge in [0.25, 0.3) is 0 Å². The number of ketones is 1. The van der Waals surface area contributed by atoms with E-state index < -0.39 is 0 Å². The van der Waals surface area contributed by atoms with Crippen LogP contribution >= 0.6 is 0 Å². The van der Waals surface area contributed by atoms with Gasteiger partial charge in [0, 0.05) is 32.6 Å². The fourth-order valence-electron chi connectivity index (χ4n) is 4.96. The Hall–Kier alpha value is -0.140. The summed E-state index contributed by atoms with van der Waals surface area (Å²) < 4.78 is 23.1. The van der Waals surface area contributed by atoms with Crippen LogP contribution in [0.2, 0.25) is 0 Å². The van der Waals surface area contributed by atoms with E-state index in [0.29, 0.717) is 52.6 Å². The Morgan fingerprint density at radius 2 is 0.909 bits per heavy atom. The molecule has 0 atom stereocenters. The first-order chi connectivity index (χ1) is 20.1. The molecule has 266 valence electrons. The lowest BCUT2D eigenvalue weighted by atomic mass is 10.1. The van der Waals surface area contributed by atoms with Crippen molar-refractivity contribution in [3.8, 4) is 0 Å². The van der Waals surface area contributed by atoms with Crippen molar-refractivity contribution >= 4 is 11.7 Å². The number of nitrogens with one attached hydrogen (secondary N) is 1. The van der Waals surface area contributed by atoms with Crippen molar-refractivity contribution in [3.63, 3.8) is 0 Å². The maximum atomic E-state index is 11.9. The summed E-state index contributed by atoms with van der Waals surface area (Å²) in [5, 5.41) is 2.95. The molecule has 9 nitrogen and oxygen atoms in total. The molecule has 0 spiro atoms. The van der Waals surface area contributed by atoms with Gasteiger partial charge in [0.2, 0.25) is 5.91 Å². The third-order valence-corrected chi connectivity index (χ3v) is 7.66. The highest BCUT2D eigenvalue weighted by Crippen LogP contribution is 2.13. The van der Waals surface area contributed by atoms with Crippen LogP contribution in [0.15, 0.2) is 0 Å². The van der Waals surface area contributed by atoms with Crippen molar-refractivity contribution in [3.05, 3.63) is 0 Å². The third kappa shape index (κ3) is 34.7. The normalized spacial score (nSPS) is 11.6. The molecule has 44 heavy (non-hydrogen) atoms. The number of halogens is 2. The second-order valence-electron chi connectivity index (χ2n) is 12.8. The van der Waals surface area contributed by atoms with Crippen molar-refractivity contribution in [2.24, 2.45) is 0 Å². The van der Waals surface area contributed by atoms with E-state index in [2.05, 4.69) is 33.5 Å². The number of ether oxygens (including phenoxy) is 4. The number of Topliss-reactive ketones (excluding diaryl/α,β-unsaturated/α-hetero) is 1. The molecule has 1 amide bonds. The number of carbonyl (C=O) groups is 2. The maximum Gasteiger partial charge on any atom is 0.246 e. The number of quaternary nitrogens is 2. The van der Waals surface area contributed by atoms with E-state index in [1.807, 2.05) is 13.8 Å². The molecular weight excluding hydrogens is 694 g/mol. The summed E-state index contributed by atoms with van der Waals surface area (Å²) in [7, 11) is 9.21. The van der Waals surface area contributed by atoms with Crippen LogP contribution in [0.25, 0.3) is 0 Å². The standard InChI is InChI=1S/C33H68N3O6.2BrH/c1-7-39-26-28-41-30-32(37)20-15-18-24-35(3,4)22-16-13-11-9-10-12-14-17-23-36(5,6)25-19-21-34-33(38)31-42-29-27-40-8-2;;/h7-31H2,1-6H3;2*1H/q+1;;/p-1. The van der Waals surface area contributed by atoms with E-state index >= 15 is 0 Å². The van der Waals surface area contributed by atoms with Crippen molar-refractivity contribution < 1.29 is 71.5 Å². The van der Waals surface area contributed by atoms with Crippen LogP contribution in [0.5, 0.6) is 0 Å². The SMILES string of the molecule is CCOCCOCC(=O)CCCC[N+](C)(C)CCCCCCCCCC[N+](C)(C)CCCNC(=O)COCCOCC.[Br-].[Br-]. The largest absolute Gasteiger partial charge is 1.00 e. The molecule has 0 aromatic heterocycles. The smallest absolute Gasteiger partial charge is 0.246 e. The van der Waals surface area contributed by atoms with Crippen LogP contribution < -0.4 is 39.3 Å². The number of hydrogen-bond acceptors (Lipinski definition) is 6. The Kier molecular flexibility index (Phi) is 36.0. The monoisotopic (exact) mass is 761 g/mol. The van der Waals surface area contributed by atoms with Crippen LogP contribution in [0.4, 0.5) is 0 Å². The molecule has 0 saturated carbocycles. The summed E-state index contributed by atoms with van der Waals surface area (Å²) in [6.45, 7) is 13.0. The highest BCUT2D eigenvalue weighted by molar-refractivity contribution is 5.79.